The van der Waals surface area contributed by atoms with Crippen molar-refractivity contribution in [3.8, 4) is 0 Å². The first-order valence-electron chi connectivity index (χ1n) is 8.75. The van der Waals surface area contributed by atoms with Gasteiger partial charge in [-0.05, 0) is 30.0 Å². The van der Waals surface area contributed by atoms with Crippen LogP contribution in [0, 0.1) is 5.92 Å². The molecule has 1 atom stereocenters. The second kappa shape index (κ2) is 7.56. The average molecular weight is 400 g/mol. The molecule has 3 rings (SSSR count). The SMILES string of the molecule is CS(=O)(=O)c1ccc([C@H](CC2CCCC2)C(=O)N2CCOC2=O)cc1Cl. The lowest BCUT2D eigenvalue weighted by molar-refractivity contribution is -0.129. The van der Waals surface area contributed by atoms with E-state index in [1.165, 1.54) is 12.1 Å². The van der Waals surface area contributed by atoms with Gasteiger partial charge < -0.3 is 4.74 Å². The lowest BCUT2D eigenvalue weighted by Crippen LogP contribution is -2.36. The Labute approximate surface area is 158 Å². The Balaban J connectivity index is 1.93. The van der Waals surface area contributed by atoms with Crippen LogP contribution in [-0.2, 0) is 19.4 Å². The molecule has 8 heteroatoms. The fraction of sp³-hybridized carbons (Fsp3) is 0.556. The number of hydrogen-bond donors (Lipinski definition) is 0. The van der Waals surface area contributed by atoms with Crippen LogP contribution in [0.1, 0.15) is 43.6 Å². The van der Waals surface area contributed by atoms with Gasteiger partial charge >= 0.3 is 6.09 Å². The molecule has 142 valence electrons. The maximum Gasteiger partial charge on any atom is 0.416 e. The molecule has 0 unspecified atom stereocenters. The summed E-state index contributed by atoms with van der Waals surface area (Å²) < 4.78 is 28.4. The summed E-state index contributed by atoms with van der Waals surface area (Å²) in [7, 11) is -3.44. The summed E-state index contributed by atoms with van der Waals surface area (Å²) in [5.74, 6) is -0.423. The number of hydrogen-bond acceptors (Lipinski definition) is 5. The van der Waals surface area contributed by atoms with E-state index in [0.717, 1.165) is 36.8 Å². The van der Waals surface area contributed by atoms with Crippen molar-refractivity contribution in [1.82, 2.24) is 4.90 Å². The predicted octanol–water partition coefficient (Wildman–Crippen LogP) is 3.39. The number of imide groups is 1. The van der Waals surface area contributed by atoms with E-state index >= 15 is 0 Å². The fourth-order valence-corrected chi connectivity index (χ4v) is 5.11. The summed E-state index contributed by atoms with van der Waals surface area (Å²) in [5, 5.41) is 0.0956. The van der Waals surface area contributed by atoms with Crippen molar-refractivity contribution in [2.24, 2.45) is 5.92 Å². The highest BCUT2D eigenvalue weighted by Crippen LogP contribution is 2.37. The van der Waals surface area contributed by atoms with Gasteiger partial charge in [0.25, 0.3) is 0 Å². The molecule has 0 bridgehead atoms. The number of halogens is 1. The van der Waals surface area contributed by atoms with Crippen molar-refractivity contribution in [3.63, 3.8) is 0 Å². The zero-order chi connectivity index (χ0) is 18.9. The van der Waals surface area contributed by atoms with Crippen LogP contribution in [-0.4, -0.2) is 44.7 Å². The number of nitrogens with zero attached hydrogens (tertiary/aromatic N) is 1. The standard InChI is InChI=1S/C18H22ClNO5S/c1-26(23,24)16-7-6-13(11-15(16)19)14(10-12-4-2-3-5-12)17(21)20-8-9-25-18(20)22/h6-7,11-12,14H,2-5,8-10H2,1H3/t14-/m0/s1. The van der Waals surface area contributed by atoms with Gasteiger partial charge in [0.05, 0.1) is 22.4 Å². The Morgan fingerprint density at radius 2 is 2.04 bits per heavy atom. The van der Waals surface area contributed by atoms with Gasteiger partial charge in [-0.2, -0.15) is 0 Å². The lowest BCUT2D eigenvalue weighted by atomic mass is 9.87. The van der Waals surface area contributed by atoms with Crippen LogP contribution in [0.2, 0.25) is 5.02 Å². The molecule has 1 saturated heterocycles. The zero-order valence-corrected chi connectivity index (χ0v) is 16.2. The number of sulfone groups is 1. The number of carbonyl (C=O) groups is 2. The molecule has 0 N–H and O–H groups in total. The van der Waals surface area contributed by atoms with Crippen LogP contribution in [0.5, 0.6) is 0 Å². The van der Waals surface area contributed by atoms with Crippen LogP contribution >= 0.6 is 11.6 Å². The third kappa shape index (κ3) is 4.04. The molecular weight excluding hydrogens is 378 g/mol. The molecule has 6 nitrogen and oxygen atoms in total. The minimum absolute atomic E-state index is 0.0376. The normalized spacial score (nSPS) is 19.6. The van der Waals surface area contributed by atoms with Crippen LogP contribution in [0.15, 0.2) is 23.1 Å². The van der Waals surface area contributed by atoms with E-state index in [2.05, 4.69) is 0 Å². The third-order valence-electron chi connectivity index (χ3n) is 5.13. The van der Waals surface area contributed by atoms with Gasteiger partial charge in [0.1, 0.15) is 6.61 Å². The van der Waals surface area contributed by atoms with Crippen molar-refractivity contribution < 1.29 is 22.7 Å². The molecule has 0 aromatic heterocycles. The highest BCUT2D eigenvalue weighted by Gasteiger charge is 2.36. The first-order chi connectivity index (χ1) is 12.3. The fourth-order valence-electron chi connectivity index (χ4n) is 3.78. The Bertz CT molecular complexity index is 817. The van der Waals surface area contributed by atoms with Crippen LogP contribution in [0.4, 0.5) is 4.79 Å². The van der Waals surface area contributed by atoms with E-state index < -0.39 is 21.8 Å². The molecule has 26 heavy (non-hydrogen) atoms. The maximum atomic E-state index is 13.0. The van der Waals surface area contributed by atoms with Gasteiger partial charge in [-0.15, -0.1) is 0 Å². The van der Waals surface area contributed by atoms with Crippen molar-refractivity contribution >= 4 is 33.4 Å². The number of ether oxygens (including phenoxy) is 1. The summed E-state index contributed by atoms with van der Waals surface area (Å²) in [6.45, 7) is 0.447. The first kappa shape index (κ1) is 19.2. The van der Waals surface area contributed by atoms with Crippen molar-refractivity contribution in [2.45, 2.75) is 42.9 Å². The van der Waals surface area contributed by atoms with Gasteiger partial charge in [-0.3, -0.25) is 4.79 Å². The number of rotatable bonds is 5. The Morgan fingerprint density at radius 1 is 1.35 bits per heavy atom. The van der Waals surface area contributed by atoms with Crippen LogP contribution < -0.4 is 0 Å². The van der Waals surface area contributed by atoms with Crippen molar-refractivity contribution in [1.29, 1.82) is 0 Å². The van der Waals surface area contributed by atoms with Gasteiger partial charge in [0, 0.05) is 6.26 Å². The van der Waals surface area contributed by atoms with E-state index in [1.807, 2.05) is 0 Å². The second-order valence-corrected chi connectivity index (χ2v) is 9.40. The van der Waals surface area contributed by atoms with Crippen molar-refractivity contribution in [2.75, 3.05) is 19.4 Å². The summed E-state index contributed by atoms with van der Waals surface area (Å²) in [4.78, 5) is 26.0. The van der Waals surface area contributed by atoms with Gasteiger partial charge in [0.15, 0.2) is 9.84 Å². The molecule has 1 aliphatic heterocycles. The topological polar surface area (TPSA) is 80.8 Å². The number of carbonyl (C=O) groups excluding carboxylic acids is 2. The Kier molecular flexibility index (Phi) is 5.58. The van der Waals surface area contributed by atoms with E-state index in [4.69, 9.17) is 16.3 Å². The van der Waals surface area contributed by atoms with E-state index in [1.54, 1.807) is 6.07 Å². The zero-order valence-electron chi connectivity index (χ0n) is 14.6. The molecule has 2 fully saturated rings. The predicted molar refractivity (Wildman–Crippen MR) is 96.9 cm³/mol. The van der Waals surface area contributed by atoms with Crippen LogP contribution in [0.25, 0.3) is 0 Å². The molecule has 2 amide bonds. The number of amides is 2. The first-order valence-corrected chi connectivity index (χ1v) is 11.0. The average Bonchev–Trinajstić information content (AvgIpc) is 3.22. The molecule has 0 spiro atoms. The quantitative estimate of drug-likeness (QED) is 0.758. The molecular formula is C18H22ClNO5S. The number of benzene rings is 1. The molecule has 1 aromatic rings. The second-order valence-electron chi connectivity index (χ2n) is 7.01. The minimum Gasteiger partial charge on any atom is -0.447 e. The highest BCUT2D eigenvalue weighted by molar-refractivity contribution is 7.90. The summed E-state index contributed by atoms with van der Waals surface area (Å²) in [6.07, 6.45) is 5.50. The summed E-state index contributed by atoms with van der Waals surface area (Å²) in [6, 6.07) is 4.60. The van der Waals surface area contributed by atoms with Crippen molar-refractivity contribution in [3.05, 3.63) is 28.8 Å². The molecule has 2 aliphatic rings. The maximum absolute atomic E-state index is 13.0. The summed E-state index contributed by atoms with van der Waals surface area (Å²) >= 11 is 6.17. The van der Waals surface area contributed by atoms with E-state index in [9.17, 15) is 18.0 Å². The Hall–Kier alpha value is -1.60. The van der Waals surface area contributed by atoms with E-state index in [-0.39, 0.29) is 29.0 Å². The third-order valence-corrected chi connectivity index (χ3v) is 6.71. The minimum atomic E-state index is -3.44. The lowest BCUT2D eigenvalue weighted by Gasteiger charge is -2.24. The monoisotopic (exact) mass is 399 g/mol. The van der Waals surface area contributed by atoms with Crippen LogP contribution in [0.3, 0.4) is 0 Å². The van der Waals surface area contributed by atoms with Gasteiger partial charge in [-0.25, -0.2) is 18.1 Å². The van der Waals surface area contributed by atoms with Gasteiger partial charge in [0.2, 0.25) is 5.91 Å². The molecule has 1 heterocycles. The van der Waals surface area contributed by atoms with Gasteiger partial charge in [-0.1, -0.05) is 43.4 Å². The largest absolute Gasteiger partial charge is 0.447 e. The Morgan fingerprint density at radius 3 is 2.58 bits per heavy atom. The van der Waals surface area contributed by atoms with E-state index in [0.29, 0.717) is 17.9 Å². The number of cyclic esters (lactones) is 1. The molecule has 1 aromatic carbocycles. The molecule has 0 radical (unpaired) electrons. The summed E-state index contributed by atoms with van der Waals surface area (Å²) in [5.41, 5.74) is 0.638. The highest BCUT2D eigenvalue weighted by atomic mass is 35.5. The molecule has 1 saturated carbocycles. The molecule has 1 aliphatic carbocycles. The smallest absolute Gasteiger partial charge is 0.416 e.